The molecule has 2 aromatic carbocycles. The minimum atomic E-state index is -0.0616. The Morgan fingerprint density at radius 1 is 1.12 bits per heavy atom. The molecule has 0 bridgehead atoms. The van der Waals surface area contributed by atoms with E-state index in [0.717, 1.165) is 29.8 Å². The summed E-state index contributed by atoms with van der Waals surface area (Å²) in [7, 11) is 0. The molecule has 0 aromatic heterocycles. The highest BCUT2D eigenvalue weighted by molar-refractivity contribution is 5.96. The number of amides is 1. The van der Waals surface area contributed by atoms with Crippen LogP contribution in [-0.2, 0) is 17.6 Å². The third-order valence-electron chi connectivity index (χ3n) is 7.54. The molecular weight excluding hydrogens is 394 g/mol. The molecular formula is C28H39N3O. The van der Waals surface area contributed by atoms with Crippen LogP contribution < -0.4 is 11.1 Å². The summed E-state index contributed by atoms with van der Waals surface area (Å²) in [4.78, 5) is 15.7. The second-order valence-corrected chi connectivity index (χ2v) is 9.95. The molecule has 3 N–H and O–H groups in total. The molecule has 32 heavy (non-hydrogen) atoms. The molecule has 4 rings (SSSR count). The highest BCUT2D eigenvalue weighted by atomic mass is 16.1. The standard InChI is InChI=1S/C28H39N3O/c1-4-5-15-27(31-19(2)9-6-10-20(31)3)24-13-8-14-26-25(24)18-22(28(32)30-26)16-21-11-7-12-23(29)17-21/h7-8,11-14,17,19-20,22,27H,4-6,9-10,15-16,18,29H2,1-3H3,(H,30,32). The summed E-state index contributed by atoms with van der Waals surface area (Å²) in [6.07, 6.45) is 9.00. The highest BCUT2D eigenvalue weighted by Crippen LogP contribution is 2.41. The number of piperidine rings is 1. The van der Waals surface area contributed by atoms with Gasteiger partial charge in [-0.1, -0.05) is 50.5 Å². The summed E-state index contributed by atoms with van der Waals surface area (Å²) >= 11 is 0. The van der Waals surface area contributed by atoms with E-state index in [0.29, 0.717) is 18.1 Å². The first-order chi connectivity index (χ1) is 15.5. The molecule has 4 heteroatoms. The van der Waals surface area contributed by atoms with Crippen LogP contribution in [-0.4, -0.2) is 22.9 Å². The minimum Gasteiger partial charge on any atom is -0.399 e. The molecule has 0 radical (unpaired) electrons. The van der Waals surface area contributed by atoms with Crippen LogP contribution in [0.2, 0.25) is 0 Å². The fourth-order valence-electron chi connectivity index (χ4n) is 5.92. The van der Waals surface area contributed by atoms with Gasteiger partial charge >= 0.3 is 0 Å². The lowest BCUT2D eigenvalue weighted by molar-refractivity contribution is -0.120. The molecule has 2 aliphatic heterocycles. The van der Waals surface area contributed by atoms with Gasteiger partial charge < -0.3 is 11.1 Å². The van der Waals surface area contributed by atoms with Crippen molar-refractivity contribution < 1.29 is 4.79 Å². The van der Waals surface area contributed by atoms with Gasteiger partial charge in [0, 0.05) is 35.4 Å². The number of nitrogens with one attached hydrogen (secondary N) is 1. The normalized spacial score (nSPS) is 24.6. The van der Waals surface area contributed by atoms with Crippen molar-refractivity contribution in [2.45, 2.75) is 90.3 Å². The van der Waals surface area contributed by atoms with Gasteiger partial charge in [-0.2, -0.15) is 0 Å². The number of rotatable bonds is 7. The van der Waals surface area contributed by atoms with E-state index in [1.54, 1.807) is 0 Å². The topological polar surface area (TPSA) is 58.4 Å². The van der Waals surface area contributed by atoms with E-state index in [4.69, 9.17) is 5.73 Å². The molecule has 1 amide bonds. The van der Waals surface area contributed by atoms with Crippen LogP contribution in [0.15, 0.2) is 42.5 Å². The first kappa shape index (κ1) is 22.8. The van der Waals surface area contributed by atoms with E-state index in [9.17, 15) is 4.79 Å². The van der Waals surface area contributed by atoms with Crippen molar-refractivity contribution in [2.75, 3.05) is 11.1 Å². The molecule has 4 atom stereocenters. The van der Waals surface area contributed by atoms with Crippen LogP contribution in [0.5, 0.6) is 0 Å². The number of benzene rings is 2. The van der Waals surface area contributed by atoms with E-state index in [1.165, 1.54) is 49.7 Å². The van der Waals surface area contributed by atoms with Gasteiger partial charge in [0.15, 0.2) is 0 Å². The van der Waals surface area contributed by atoms with Gasteiger partial charge in [-0.15, -0.1) is 0 Å². The fourth-order valence-corrected chi connectivity index (χ4v) is 5.92. The minimum absolute atomic E-state index is 0.0616. The van der Waals surface area contributed by atoms with Crippen LogP contribution >= 0.6 is 0 Å². The Kier molecular flexibility index (Phi) is 7.20. The summed E-state index contributed by atoms with van der Waals surface area (Å²) in [5.74, 6) is 0.0652. The van der Waals surface area contributed by atoms with Gasteiger partial charge in [0.2, 0.25) is 5.91 Å². The van der Waals surface area contributed by atoms with Gasteiger partial charge in [-0.3, -0.25) is 9.69 Å². The molecule has 1 fully saturated rings. The number of likely N-dealkylation sites (tertiary alicyclic amines) is 1. The number of nitrogens with zero attached hydrogens (tertiary/aromatic N) is 1. The maximum absolute atomic E-state index is 13.0. The van der Waals surface area contributed by atoms with Crippen LogP contribution in [0.4, 0.5) is 11.4 Å². The smallest absolute Gasteiger partial charge is 0.228 e. The van der Waals surface area contributed by atoms with E-state index < -0.39 is 0 Å². The number of anilines is 2. The van der Waals surface area contributed by atoms with Gasteiger partial charge in [0.25, 0.3) is 0 Å². The van der Waals surface area contributed by atoms with Crippen molar-refractivity contribution in [3.63, 3.8) is 0 Å². The largest absolute Gasteiger partial charge is 0.399 e. The zero-order valence-electron chi connectivity index (χ0n) is 19.9. The second-order valence-electron chi connectivity index (χ2n) is 9.95. The number of unbranched alkanes of at least 4 members (excludes halogenated alkanes) is 1. The van der Waals surface area contributed by atoms with Crippen LogP contribution in [0, 0.1) is 5.92 Å². The predicted octanol–water partition coefficient (Wildman–Crippen LogP) is 6.12. The lowest BCUT2D eigenvalue weighted by Gasteiger charge is -2.45. The maximum atomic E-state index is 13.0. The lowest BCUT2D eigenvalue weighted by atomic mass is 9.82. The molecule has 0 aliphatic carbocycles. The summed E-state index contributed by atoms with van der Waals surface area (Å²) in [6.45, 7) is 7.07. The van der Waals surface area contributed by atoms with E-state index in [2.05, 4.69) is 55.3 Å². The Morgan fingerprint density at radius 3 is 2.59 bits per heavy atom. The number of hydrogen-bond donors (Lipinski definition) is 2. The van der Waals surface area contributed by atoms with Crippen LogP contribution in [0.3, 0.4) is 0 Å². The molecule has 4 nitrogen and oxygen atoms in total. The molecule has 2 aliphatic rings. The Bertz CT molecular complexity index is 930. The lowest BCUT2D eigenvalue weighted by Crippen LogP contribution is -2.46. The van der Waals surface area contributed by atoms with Gasteiger partial charge in [-0.05, 0) is 80.8 Å². The molecule has 1 saturated heterocycles. The van der Waals surface area contributed by atoms with Crippen molar-refractivity contribution in [1.82, 2.24) is 4.90 Å². The van der Waals surface area contributed by atoms with Gasteiger partial charge in [0.05, 0.1) is 0 Å². The molecule has 2 heterocycles. The highest BCUT2D eigenvalue weighted by Gasteiger charge is 2.35. The van der Waals surface area contributed by atoms with Gasteiger partial charge in [0.1, 0.15) is 0 Å². The number of fused-ring (bicyclic) bond motifs is 1. The summed E-state index contributed by atoms with van der Waals surface area (Å²) in [5, 5.41) is 3.23. The van der Waals surface area contributed by atoms with Crippen molar-refractivity contribution in [3.05, 3.63) is 59.2 Å². The number of hydrogen-bond acceptors (Lipinski definition) is 3. The average Bonchev–Trinajstić information content (AvgIpc) is 2.76. The number of carbonyl (C=O) groups is 1. The van der Waals surface area contributed by atoms with E-state index in [1.807, 2.05) is 18.2 Å². The quantitative estimate of drug-likeness (QED) is 0.517. The molecule has 4 unspecified atom stereocenters. The van der Waals surface area contributed by atoms with Crippen molar-refractivity contribution in [1.29, 1.82) is 0 Å². The summed E-state index contributed by atoms with van der Waals surface area (Å²) in [5.41, 5.74) is 11.7. The Balaban J connectivity index is 1.66. The molecule has 0 saturated carbocycles. The monoisotopic (exact) mass is 433 g/mol. The molecule has 2 aromatic rings. The Labute approximate surface area is 193 Å². The number of nitrogen functional groups attached to an aromatic ring is 1. The first-order valence-corrected chi connectivity index (χ1v) is 12.5. The van der Waals surface area contributed by atoms with Crippen molar-refractivity contribution >= 4 is 17.3 Å². The van der Waals surface area contributed by atoms with E-state index in [-0.39, 0.29) is 11.8 Å². The number of carbonyl (C=O) groups excluding carboxylic acids is 1. The average molecular weight is 434 g/mol. The predicted molar refractivity (Wildman–Crippen MR) is 134 cm³/mol. The van der Waals surface area contributed by atoms with Gasteiger partial charge in [-0.25, -0.2) is 0 Å². The van der Waals surface area contributed by atoms with Crippen molar-refractivity contribution in [3.8, 4) is 0 Å². The third kappa shape index (κ3) is 4.85. The Morgan fingerprint density at radius 2 is 1.88 bits per heavy atom. The van der Waals surface area contributed by atoms with Crippen LogP contribution in [0.1, 0.15) is 82.0 Å². The SMILES string of the molecule is CCCCC(c1cccc2c1CC(Cc1cccc(N)c1)C(=O)N2)N1C(C)CCCC1C. The zero-order valence-corrected chi connectivity index (χ0v) is 19.9. The van der Waals surface area contributed by atoms with E-state index >= 15 is 0 Å². The van der Waals surface area contributed by atoms with Crippen LogP contribution in [0.25, 0.3) is 0 Å². The summed E-state index contributed by atoms with van der Waals surface area (Å²) in [6, 6.07) is 16.1. The number of nitrogens with two attached hydrogens (primary N) is 1. The third-order valence-corrected chi connectivity index (χ3v) is 7.54. The van der Waals surface area contributed by atoms with Crippen molar-refractivity contribution in [2.24, 2.45) is 5.92 Å². The first-order valence-electron chi connectivity index (χ1n) is 12.5. The fraction of sp³-hybridized carbons (Fsp3) is 0.536. The second kappa shape index (κ2) is 10.1. The molecule has 172 valence electrons. The molecule has 0 spiro atoms. The zero-order chi connectivity index (χ0) is 22.7. The summed E-state index contributed by atoms with van der Waals surface area (Å²) < 4.78 is 0. The maximum Gasteiger partial charge on any atom is 0.228 e. The Hall–Kier alpha value is -2.33.